The molecular formula is C10H12ClNO5. The first kappa shape index (κ1) is 13.8. The zero-order valence-electron chi connectivity index (χ0n) is 9.06. The molecule has 0 radical (unpaired) electrons. The molecule has 6 nitrogen and oxygen atoms in total. The summed E-state index contributed by atoms with van der Waals surface area (Å²) in [7, 11) is 0. The summed E-state index contributed by atoms with van der Waals surface area (Å²) in [4.78, 5) is 33.6. The Labute approximate surface area is 103 Å². The Balaban J connectivity index is 1.99. The fourth-order valence-electron chi connectivity index (χ4n) is 1.18. The van der Waals surface area contributed by atoms with Crippen molar-refractivity contribution < 1.29 is 23.9 Å². The van der Waals surface area contributed by atoms with Crippen molar-refractivity contribution in [3.8, 4) is 0 Å². The summed E-state index contributed by atoms with van der Waals surface area (Å²) in [5.41, 5.74) is 0. The monoisotopic (exact) mass is 261 g/mol. The molecule has 0 aromatic rings. The molecule has 0 aliphatic carbocycles. The number of amides is 2. The van der Waals surface area contributed by atoms with Gasteiger partial charge in [0.05, 0.1) is 26.4 Å². The van der Waals surface area contributed by atoms with E-state index in [1.165, 1.54) is 12.2 Å². The summed E-state index contributed by atoms with van der Waals surface area (Å²) in [6.45, 7) is 0.792. The zero-order valence-corrected chi connectivity index (χ0v) is 9.81. The van der Waals surface area contributed by atoms with Gasteiger partial charge in [0, 0.05) is 12.2 Å². The Hall–Kier alpha value is -1.24. The molecule has 0 fully saturated rings. The summed E-state index contributed by atoms with van der Waals surface area (Å²) in [6, 6.07) is 0. The largest absolute Gasteiger partial charge is 0.377 e. The lowest BCUT2D eigenvalue weighted by molar-refractivity contribution is -0.137. The first-order chi connectivity index (χ1) is 8.11. The number of ether oxygens (including phenoxy) is 2. The van der Waals surface area contributed by atoms with E-state index >= 15 is 0 Å². The Morgan fingerprint density at radius 2 is 1.71 bits per heavy atom. The molecule has 7 heteroatoms. The molecule has 94 valence electrons. The number of imide groups is 1. The van der Waals surface area contributed by atoms with Crippen LogP contribution in [0.25, 0.3) is 0 Å². The predicted octanol–water partition coefficient (Wildman–Crippen LogP) is -0.290. The van der Waals surface area contributed by atoms with E-state index in [9.17, 15) is 14.4 Å². The van der Waals surface area contributed by atoms with Crippen LogP contribution >= 0.6 is 11.6 Å². The van der Waals surface area contributed by atoms with Crippen LogP contribution in [0.4, 0.5) is 0 Å². The number of carbonyl (C=O) groups excluding carboxylic acids is 3. The molecule has 0 bridgehead atoms. The van der Waals surface area contributed by atoms with E-state index < -0.39 is 5.24 Å². The summed E-state index contributed by atoms with van der Waals surface area (Å²) in [5, 5.41) is -0.565. The van der Waals surface area contributed by atoms with Gasteiger partial charge in [-0.15, -0.1) is 0 Å². The van der Waals surface area contributed by atoms with Crippen LogP contribution in [0.1, 0.15) is 0 Å². The minimum absolute atomic E-state index is 0.155. The lowest BCUT2D eigenvalue weighted by Gasteiger charge is -2.13. The number of hydrogen-bond donors (Lipinski definition) is 0. The first-order valence-corrected chi connectivity index (χ1v) is 5.36. The number of carbonyl (C=O) groups is 3. The molecule has 0 unspecified atom stereocenters. The van der Waals surface area contributed by atoms with E-state index in [1.807, 2.05) is 0 Å². The van der Waals surface area contributed by atoms with Gasteiger partial charge in [-0.1, -0.05) is 0 Å². The highest BCUT2D eigenvalue weighted by Crippen LogP contribution is 2.02. The molecule has 0 saturated carbocycles. The van der Waals surface area contributed by atoms with Crippen LogP contribution < -0.4 is 0 Å². The molecule has 17 heavy (non-hydrogen) atoms. The molecule has 0 saturated heterocycles. The normalized spacial score (nSPS) is 14.8. The standard InChI is InChI=1S/C10H12ClNO5/c11-8(13)7-17-6-5-16-4-3-12-9(14)1-2-10(12)15/h1-2H,3-7H2. The maximum absolute atomic E-state index is 11.1. The molecule has 0 aromatic heterocycles. The summed E-state index contributed by atoms with van der Waals surface area (Å²) in [6.07, 6.45) is 2.44. The minimum atomic E-state index is -0.565. The quantitative estimate of drug-likeness (QED) is 0.341. The average Bonchev–Trinajstić information content (AvgIpc) is 2.58. The van der Waals surface area contributed by atoms with Crippen LogP contribution in [0.3, 0.4) is 0 Å². The van der Waals surface area contributed by atoms with E-state index in [1.54, 1.807) is 0 Å². The number of rotatable bonds is 8. The molecule has 1 aliphatic heterocycles. The Morgan fingerprint density at radius 3 is 2.29 bits per heavy atom. The van der Waals surface area contributed by atoms with Crippen molar-refractivity contribution in [2.75, 3.05) is 33.0 Å². The highest BCUT2D eigenvalue weighted by atomic mass is 35.5. The van der Waals surface area contributed by atoms with Gasteiger partial charge in [0.1, 0.15) is 6.61 Å². The van der Waals surface area contributed by atoms with Crippen molar-refractivity contribution in [3.05, 3.63) is 12.2 Å². The number of hydrogen-bond acceptors (Lipinski definition) is 5. The maximum Gasteiger partial charge on any atom is 0.253 e. The number of halogens is 1. The Morgan fingerprint density at radius 1 is 1.12 bits per heavy atom. The second-order valence-electron chi connectivity index (χ2n) is 3.18. The van der Waals surface area contributed by atoms with Gasteiger partial charge in [0.2, 0.25) is 5.24 Å². The van der Waals surface area contributed by atoms with Gasteiger partial charge in [0.25, 0.3) is 11.8 Å². The molecule has 1 heterocycles. The van der Waals surface area contributed by atoms with Gasteiger partial charge in [0.15, 0.2) is 0 Å². The van der Waals surface area contributed by atoms with E-state index in [0.29, 0.717) is 0 Å². The average molecular weight is 262 g/mol. The van der Waals surface area contributed by atoms with Crippen LogP contribution in [-0.4, -0.2) is 54.9 Å². The van der Waals surface area contributed by atoms with E-state index in [2.05, 4.69) is 0 Å². The fourth-order valence-corrected chi connectivity index (χ4v) is 1.26. The molecule has 1 rings (SSSR count). The third-order valence-corrected chi connectivity index (χ3v) is 2.06. The van der Waals surface area contributed by atoms with Crippen LogP contribution in [0.5, 0.6) is 0 Å². The van der Waals surface area contributed by atoms with Crippen molar-refractivity contribution in [1.82, 2.24) is 4.90 Å². The van der Waals surface area contributed by atoms with Gasteiger partial charge in [-0.2, -0.15) is 0 Å². The molecular weight excluding hydrogens is 250 g/mol. The van der Waals surface area contributed by atoms with E-state index in [0.717, 1.165) is 4.90 Å². The predicted molar refractivity (Wildman–Crippen MR) is 58.4 cm³/mol. The lowest BCUT2D eigenvalue weighted by atomic mass is 10.5. The molecule has 2 amide bonds. The Bertz CT molecular complexity index is 324. The molecule has 0 spiro atoms. The van der Waals surface area contributed by atoms with Gasteiger partial charge >= 0.3 is 0 Å². The van der Waals surface area contributed by atoms with Crippen molar-refractivity contribution in [1.29, 1.82) is 0 Å². The SMILES string of the molecule is O=C(Cl)COCCOCCN1C(=O)C=CC1=O. The summed E-state index contributed by atoms with van der Waals surface area (Å²) in [5.74, 6) is -0.662. The fraction of sp³-hybridized carbons (Fsp3) is 0.500. The van der Waals surface area contributed by atoms with Crippen LogP contribution in [0.15, 0.2) is 12.2 Å². The first-order valence-electron chi connectivity index (χ1n) is 4.98. The highest BCUT2D eigenvalue weighted by Gasteiger charge is 2.22. The van der Waals surface area contributed by atoms with E-state index in [4.69, 9.17) is 21.1 Å². The van der Waals surface area contributed by atoms with Gasteiger partial charge in [-0.05, 0) is 11.6 Å². The number of nitrogens with zero attached hydrogens (tertiary/aromatic N) is 1. The minimum Gasteiger partial charge on any atom is -0.377 e. The third kappa shape index (κ3) is 5.08. The van der Waals surface area contributed by atoms with Crippen molar-refractivity contribution in [2.24, 2.45) is 0 Å². The molecule has 1 aliphatic rings. The maximum atomic E-state index is 11.1. The molecule has 0 N–H and O–H groups in total. The van der Waals surface area contributed by atoms with Gasteiger partial charge < -0.3 is 9.47 Å². The van der Waals surface area contributed by atoms with Crippen LogP contribution in [0, 0.1) is 0 Å². The van der Waals surface area contributed by atoms with Crippen LogP contribution in [-0.2, 0) is 23.9 Å². The van der Waals surface area contributed by atoms with Gasteiger partial charge in [-0.3, -0.25) is 19.3 Å². The lowest BCUT2D eigenvalue weighted by Crippen LogP contribution is -2.33. The Kier molecular flexibility index (Phi) is 5.82. The van der Waals surface area contributed by atoms with Crippen molar-refractivity contribution in [3.63, 3.8) is 0 Å². The topological polar surface area (TPSA) is 72.9 Å². The van der Waals surface area contributed by atoms with Crippen LogP contribution in [0.2, 0.25) is 0 Å². The smallest absolute Gasteiger partial charge is 0.253 e. The second kappa shape index (κ2) is 7.16. The van der Waals surface area contributed by atoms with Crippen molar-refractivity contribution >= 4 is 28.7 Å². The zero-order chi connectivity index (χ0) is 12.7. The summed E-state index contributed by atoms with van der Waals surface area (Å²) < 4.78 is 9.96. The second-order valence-corrected chi connectivity index (χ2v) is 3.60. The third-order valence-electron chi connectivity index (χ3n) is 1.95. The molecule has 0 atom stereocenters. The van der Waals surface area contributed by atoms with Crippen molar-refractivity contribution in [2.45, 2.75) is 0 Å². The molecule has 0 aromatic carbocycles. The van der Waals surface area contributed by atoms with Gasteiger partial charge in [-0.25, -0.2) is 0 Å². The van der Waals surface area contributed by atoms with E-state index in [-0.39, 0.29) is 44.8 Å². The summed E-state index contributed by atoms with van der Waals surface area (Å²) >= 11 is 5.04. The highest BCUT2D eigenvalue weighted by molar-refractivity contribution is 6.63.